The molecule has 0 bridgehead atoms. The Labute approximate surface area is 148 Å². The molecule has 1 aromatic heterocycles. The summed E-state index contributed by atoms with van der Waals surface area (Å²) in [7, 11) is 0. The number of Topliss-reactive ketones (excluding diaryl/α,β-unsaturated/α-hetero) is 2. The van der Waals surface area contributed by atoms with Gasteiger partial charge in [0, 0.05) is 43.4 Å². The zero-order valence-corrected chi connectivity index (χ0v) is 15.5. The first kappa shape index (κ1) is 17.9. The van der Waals surface area contributed by atoms with Crippen LogP contribution in [-0.2, 0) is 4.79 Å². The second kappa shape index (κ2) is 6.75. The molecule has 1 N–H and O–H groups in total. The van der Waals surface area contributed by atoms with Gasteiger partial charge in [-0.15, -0.1) is 0 Å². The predicted octanol–water partition coefficient (Wildman–Crippen LogP) is 1.96. The van der Waals surface area contributed by atoms with Crippen LogP contribution in [0.25, 0.3) is 0 Å². The number of amides is 1. The number of hydrogen-bond donors (Lipinski definition) is 1. The highest BCUT2D eigenvalue weighted by molar-refractivity contribution is 6.05. The smallest absolute Gasteiger partial charge is 0.225 e. The number of aryl methyl sites for hydroxylation is 1. The van der Waals surface area contributed by atoms with Crippen LogP contribution in [0.4, 0.5) is 0 Å². The highest BCUT2D eigenvalue weighted by Crippen LogP contribution is 2.31. The Morgan fingerprint density at radius 3 is 2.16 bits per heavy atom. The maximum Gasteiger partial charge on any atom is 0.225 e. The highest BCUT2D eigenvalue weighted by atomic mass is 16.2. The third-order valence-electron chi connectivity index (χ3n) is 5.52. The molecule has 6 heteroatoms. The number of aromatic amines is 1. The summed E-state index contributed by atoms with van der Waals surface area (Å²) in [5.41, 5.74) is 2.65. The Bertz CT molecular complexity index is 710. The quantitative estimate of drug-likeness (QED) is 0.828. The normalized spacial score (nSPS) is 19.8. The van der Waals surface area contributed by atoms with Crippen molar-refractivity contribution in [1.82, 2.24) is 14.8 Å². The van der Waals surface area contributed by atoms with Gasteiger partial charge in [-0.2, -0.15) is 0 Å². The standard InChI is InChI=1S/C19H27N3O3/c1-11-16(14(4)23)12(2)20-17(11)18(24)13(3)21-7-9-22(10-8-21)19(25)15-5-6-15/h13,15,20H,5-10H2,1-4H3/t13-/m1/s1. The molecule has 3 rings (SSSR count). The van der Waals surface area contributed by atoms with Gasteiger partial charge >= 0.3 is 0 Å². The second-order valence-electron chi connectivity index (χ2n) is 7.36. The van der Waals surface area contributed by atoms with Gasteiger partial charge in [-0.05, 0) is 46.1 Å². The summed E-state index contributed by atoms with van der Waals surface area (Å²) < 4.78 is 0. The van der Waals surface area contributed by atoms with Gasteiger partial charge in [0.1, 0.15) is 0 Å². The molecule has 0 radical (unpaired) electrons. The molecule has 1 amide bonds. The number of nitrogens with zero attached hydrogens (tertiary/aromatic N) is 2. The highest BCUT2D eigenvalue weighted by Gasteiger charge is 2.36. The van der Waals surface area contributed by atoms with Crippen LogP contribution in [0.2, 0.25) is 0 Å². The van der Waals surface area contributed by atoms with Crippen LogP contribution in [0.1, 0.15) is 58.8 Å². The molecule has 2 fully saturated rings. The Morgan fingerprint density at radius 2 is 1.68 bits per heavy atom. The van der Waals surface area contributed by atoms with E-state index in [0.717, 1.165) is 24.1 Å². The lowest BCUT2D eigenvalue weighted by Gasteiger charge is -2.37. The van der Waals surface area contributed by atoms with E-state index in [9.17, 15) is 14.4 Å². The van der Waals surface area contributed by atoms with Gasteiger partial charge in [0.25, 0.3) is 0 Å². The van der Waals surface area contributed by atoms with E-state index in [1.54, 1.807) is 0 Å². The lowest BCUT2D eigenvalue weighted by molar-refractivity contribution is -0.134. The molecule has 0 aromatic carbocycles. The predicted molar refractivity (Wildman–Crippen MR) is 94.9 cm³/mol. The van der Waals surface area contributed by atoms with E-state index < -0.39 is 0 Å². The summed E-state index contributed by atoms with van der Waals surface area (Å²) in [6.07, 6.45) is 2.05. The van der Waals surface area contributed by atoms with E-state index >= 15 is 0 Å². The van der Waals surface area contributed by atoms with Gasteiger partial charge in [0.15, 0.2) is 11.6 Å². The van der Waals surface area contributed by atoms with E-state index in [1.807, 2.05) is 25.7 Å². The molecule has 0 unspecified atom stereocenters. The van der Waals surface area contributed by atoms with Crippen LogP contribution < -0.4 is 0 Å². The summed E-state index contributed by atoms with van der Waals surface area (Å²) in [5, 5.41) is 0. The van der Waals surface area contributed by atoms with Gasteiger partial charge in [0.2, 0.25) is 5.91 Å². The van der Waals surface area contributed by atoms with E-state index in [1.165, 1.54) is 6.92 Å². The van der Waals surface area contributed by atoms with E-state index in [4.69, 9.17) is 0 Å². The number of aromatic nitrogens is 1. The van der Waals surface area contributed by atoms with Crippen LogP contribution in [0, 0.1) is 19.8 Å². The summed E-state index contributed by atoms with van der Waals surface area (Å²) >= 11 is 0. The van der Waals surface area contributed by atoms with Crippen LogP contribution >= 0.6 is 0 Å². The van der Waals surface area contributed by atoms with Gasteiger partial charge in [-0.3, -0.25) is 19.3 Å². The molecule has 1 aliphatic heterocycles. The fourth-order valence-corrected chi connectivity index (χ4v) is 3.82. The zero-order chi connectivity index (χ0) is 18.3. The van der Waals surface area contributed by atoms with Gasteiger partial charge in [-0.1, -0.05) is 0 Å². The van der Waals surface area contributed by atoms with Gasteiger partial charge < -0.3 is 9.88 Å². The van der Waals surface area contributed by atoms with Crippen molar-refractivity contribution in [3.05, 3.63) is 22.5 Å². The second-order valence-corrected chi connectivity index (χ2v) is 7.36. The van der Waals surface area contributed by atoms with Gasteiger partial charge in [-0.25, -0.2) is 0 Å². The fraction of sp³-hybridized carbons (Fsp3) is 0.632. The number of nitrogens with one attached hydrogen (secondary N) is 1. The van der Waals surface area contributed by atoms with Crippen molar-refractivity contribution in [3.63, 3.8) is 0 Å². The molecule has 1 atom stereocenters. The molecular weight excluding hydrogens is 318 g/mol. The van der Waals surface area contributed by atoms with Gasteiger partial charge in [0.05, 0.1) is 11.7 Å². The fourth-order valence-electron chi connectivity index (χ4n) is 3.82. The average molecular weight is 345 g/mol. The summed E-state index contributed by atoms with van der Waals surface area (Å²) in [6, 6.07) is -0.269. The molecule has 1 aliphatic carbocycles. The van der Waals surface area contributed by atoms with E-state index in [2.05, 4.69) is 9.88 Å². The molecule has 25 heavy (non-hydrogen) atoms. The molecule has 6 nitrogen and oxygen atoms in total. The monoisotopic (exact) mass is 345 g/mol. The first-order valence-electron chi connectivity index (χ1n) is 9.08. The van der Waals surface area contributed by atoms with Crippen molar-refractivity contribution >= 4 is 17.5 Å². The topological polar surface area (TPSA) is 73.5 Å². The lowest BCUT2D eigenvalue weighted by Crippen LogP contribution is -2.53. The third-order valence-corrected chi connectivity index (χ3v) is 5.52. The number of H-pyrrole nitrogens is 1. The minimum Gasteiger partial charge on any atom is -0.355 e. The lowest BCUT2D eigenvalue weighted by atomic mass is 10.0. The number of hydrogen-bond acceptors (Lipinski definition) is 4. The maximum absolute atomic E-state index is 12.9. The van der Waals surface area contributed by atoms with E-state index in [0.29, 0.717) is 37.4 Å². The zero-order valence-electron chi connectivity index (χ0n) is 15.5. The van der Waals surface area contributed by atoms with E-state index in [-0.39, 0.29) is 29.4 Å². The van der Waals surface area contributed by atoms with Crippen molar-refractivity contribution in [3.8, 4) is 0 Å². The Hall–Kier alpha value is -1.95. The molecule has 2 aliphatic rings. The van der Waals surface area contributed by atoms with Crippen LogP contribution in [0.3, 0.4) is 0 Å². The third kappa shape index (κ3) is 3.40. The Kier molecular flexibility index (Phi) is 4.82. The molecule has 1 saturated heterocycles. The first-order valence-corrected chi connectivity index (χ1v) is 9.08. The Balaban J connectivity index is 1.66. The molecule has 1 saturated carbocycles. The molecule has 0 spiro atoms. The number of rotatable bonds is 5. The molecular formula is C19H27N3O3. The number of carbonyl (C=O) groups is 3. The van der Waals surface area contributed by atoms with Crippen molar-refractivity contribution in [2.45, 2.75) is 46.6 Å². The Morgan fingerprint density at radius 1 is 1.08 bits per heavy atom. The molecule has 2 heterocycles. The van der Waals surface area contributed by atoms with Crippen molar-refractivity contribution < 1.29 is 14.4 Å². The number of carbonyl (C=O) groups excluding carboxylic acids is 3. The van der Waals surface area contributed by atoms with Crippen LogP contribution in [0.5, 0.6) is 0 Å². The minimum atomic E-state index is -0.269. The SMILES string of the molecule is CC(=O)c1c(C)[nH]c(C(=O)[C@@H](C)N2CCN(C(=O)C3CC3)CC2)c1C. The average Bonchev–Trinajstić information content (AvgIpc) is 3.38. The summed E-state index contributed by atoms with van der Waals surface area (Å²) in [6.45, 7) is 9.89. The first-order chi connectivity index (χ1) is 11.8. The van der Waals surface area contributed by atoms with Crippen molar-refractivity contribution in [2.24, 2.45) is 5.92 Å². The number of piperazine rings is 1. The molecule has 1 aromatic rings. The van der Waals surface area contributed by atoms with Crippen LogP contribution in [-0.4, -0.2) is 64.5 Å². The summed E-state index contributed by atoms with van der Waals surface area (Å²) in [5.74, 6) is 0.515. The van der Waals surface area contributed by atoms with Crippen molar-refractivity contribution in [1.29, 1.82) is 0 Å². The van der Waals surface area contributed by atoms with Crippen LogP contribution in [0.15, 0.2) is 0 Å². The maximum atomic E-state index is 12.9. The molecule has 136 valence electrons. The van der Waals surface area contributed by atoms with Crippen molar-refractivity contribution in [2.75, 3.05) is 26.2 Å². The minimum absolute atomic E-state index is 0.00932. The number of ketones is 2. The summed E-state index contributed by atoms with van der Waals surface area (Å²) in [4.78, 5) is 44.0. The largest absolute Gasteiger partial charge is 0.355 e.